The highest BCUT2D eigenvalue weighted by molar-refractivity contribution is 7.90. The number of carboxylic acid groups (broad SMARTS) is 1. The van der Waals surface area contributed by atoms with Crippen molar-refractivity contribution in [3.8, 4) is 0 Å². The molecule has 1 fully saturated rings. The smallest absolute Gasteiger partial charge is 0.290 e. The molecule has 0 bridgehead atoms. The molecule has 2 heterocycles. The van der Waals surface area contributed by atoms with E-state index in [-0.39, 0.29) is 11.4 Å². The maximum atomic E-state index is 13.5. The molecule has 0 spiro atoms. The Hall–Kier alpha value is -3.43. The van der Waals surface area contributed by atoms with Crippen molar-refractivity contribution in [3.05, 3.63) is 66.9 Å². The molecule has 31 heavy (non-hydrogen) atoms. The number of nitrogens with zero attached hydrogens (tertiary/aromatic N) is 3. The Kier molecular flexibility index (Phi) is 5.88. The summed E-state index contributed by atoms with van der Waals surface area (Å²) in [6.45, 7) is 3.39. The fraction of sp³-hybridized carbons (Fsp3) is 0.182. The fourth-order valence-electron chi connectivity index (χ4n) is 3.81. The number of benzene rings is 3. The Morgan fingerprint density at radius 2 is 1.68 bits per heavy atom. The highest BCUT2D eigenvalue weighted by Gasteiger charge is 2.23. The van der Waals surface area contributed by atoms with Crippen LogP contribution in [0, 0.1) is 0 Å². The standard InChI is InChI=1S/C21H20N4O2S.CH2O2/c26-28(27,21-7-3-5-16-4-1-2-6-19(16)21)25-20-14-18(9-8-17(20)15-23-25)24-12-10-22-11-13-24;2-1-3/h1-9,14-15,22H,10-13H2;1H,(H,2,3). The minimum absolute atomic E-state index is 0.250. The second kappa shape index (κ2) is 8.75. The lowest BCUT2D eigenvalue weighted by atomic mass is 10.1. The predicted octanol–water partition coefficient (Wildman–Crippen LogP) is 2.54. The first-order valence-corrected chi connectivity index (χ1v) is 11.2. The highest BCUT2D eigenvalue weighted by Crippen LogP contribution is 2.28. The first-order chi connectivity index (χ1) is 15.1. The summed E-state index contributed by atoms with van der Waals surface area (Å²) in [6.07, 6.45) is 1.61. The van der Waals surface area contributed by atoms with Crippen molar-refractivity contribution in [2.24, 2.45) is 0 Å². The Balaban J connectivity index is 0.000000730. The van der Waals surface area contributed by atoms with Crippen LogP contribution in [0.4, 0.5) is 5.69 Å². The molecule has 5 rings (SSSR count). The molecule has 3 aromatic carbocycles. The number of hydrogen-bond donors (Lipinski definition) is 2. The maximum Gasteiger partial charge on any atom is 0.290 e. The van der Waals surface area contributed by atoms with Crippen molar-refractivity contribution in [3.63, 3.8) is 0 Å². The van der Waals surface area contributed by atoms with Crippen LogP contribution in [0.15, 0.2) is 71.8 Å². The van der Waals surface area contributed by atoms with Gasteiger partial charge in [0.25, 0.3) is 16.5 Å². The fourth-order valence-corrected chi connectivity index (χ4v) is 5.30. The van der Waals surface area contributed by atoms with Gasteiger partial charge in [0.05, 0.1) is 16.6 Å². The highest BCUT2D eigenvalue weighted by atomic mass is 32.2. The molecule has 0 unspecified atom stereocenters. The topological polar surface area (TPSA) is 105 Å². The predicted molar refractivity (Wildman–Crippen MR) is 120 cm³/mol. The third kappa shape index (κ3) is 3.97. The molecule has 0 radical (unpaired) electrons. The lowest BCUT2D eigenvalue weighted by molar-refractivity contribution is -0.122. The van der Waals surface area contributed by atoms with Gasteiger partial charge in [0, 0.05) is 42.6 Å². The van der Waals surface area contributed by atoms with Gasteiger partial charge in [0.1, 0.15) is 0 Å². The summed E-state index contributed by atoms with van der Waals surface area (Å²) >= 11 is 0. The summed E-state index contributed by atoms with van der Waals surface area (Å²) in [4.78, 5) is 10.9. The number of nitrogens with one attached hydrogen (secondary N) is 1. The third-order valence-corrected chi connectivity index (χ3v) is 6.92. The second-order valence-corrected chi connectivity index (χ2v) is 8.79. The molecule has 0 amide bonds. The average molecular weight is 439 g/mol. The quantitative estimate of drug-likeness (QED) is 0.474. The molecule has 1 saturated heterocycles. The van der Waals surface area contributed by atoms with Gasteiger partial charge in [-0.25, -0.2) is 0 Å². The van der Waals surface area contributed by atoms with Crippen molar-refractivity contribution in [1.82, 2.24) is 14.5 Å². The van der Waals surface area contributed by atoms with E-state index < -0.39 is 10.0 Å². The van der Waals surface area contributed by atoms with Crippen molar-refractivity contribution >= 4 is 43.9 Å². The van der Waals surface area contributed by atoms with E-state index in [1.54, 1.807) is 18.3 Å². The van der Waals surface area contributed by atoms with Crippen LogP contribution in [0.25, 0.3) is 21.7 Å². The van der Waals surface area contributed by atoms with E-state index >= 15 is 0 Å². The molecule has 1 aliphatic rings. The zero-order chi connectivity index (χ0) is 21.8. The molecular formula is C22H22N4O4S. The van der Waals surface area contributed by atoms with E-state index in [1.165, 1.54) is 0 Å². The van der Waals surface area contributed by atoms with Crippen LogP contribution in [0.2, 0.25) is 0 Å². The van der Waals surface area contributed by atoms with Crippen LogP contribution in [-0.2, 0) is 14.8 Å². The average Bonchev–Trinajstić information content (AvgIpc) is 3.24. The van der Waals surface area contributed by atoms with Crippen LogP contribution in [0.3, 0.4) is 0 Å². The Bertz CT molecular complexity index is 1320. The molecular weight excluding hydrogens is 416 g/mol. The zero-order valence-electron chi connectivity index (χ0n) is 16.7. The SMILES string of the molecule is O=CO.O=S(=O)(c1cccc2ccccc12)n1ncc2ccc(N3CCNCC3)cc21. The molecule has 8 nitrogen and oxygen atoms in total. The normalized spacial score (nSPS) is 14.3. The first-order valence-electron chi connectivity index (χ1n) is 9.81. The van der Waals surface area contributed by atoms with Crippen LogP contribution in [-0.4, -0.2) is 55.4 Å². The first kappa shape index (κ1) is 20.8. The second-order valence-electron chi connectivity index (χ2n) is 7.06. The van der Waals surface area contributed by atoms with Gasteiger partial charge in [-0.1, -0.05) is 36.4 Å². The Morgan fingerprint density at radius 1 is 0.968 bits per heavy atom. The van der Waals surface area contributed by atoms with Gasteiger partial charge < -0.3 is 15.3 Å². The molecule has 0 aliphatic carbocycles. The number of fused-ring (bicyclic) bond motifs is 2. The van der Waals surface area contributed by atoms with Gasteiger partial charge in [-0.05, 0) is 29.7 Å². The number of anilines is 1. The molecule has 1 aromatic heterocycles. The number of rotatable bonds is 3. The van der Waals surface area contributed by atoms with Gasteiger partial charge in [-0.3, -0.25) is 4.79 Å². The van der Waals surface area contributed by atoms with Crippen molar-refractivity contribution in [2.45, 2.75) is 4.90 Å². The number of piperazine rings is 1. The lowest BCUT2D eigenvalue weighted by Gasteiger charge is -2.29. The number of aromatic nitrogens is 2. The molecule has 1 aliphatic heterocycles. The Labute approximate surface area is 179 Å². The summed E-state index contributed by atoms with van der Waals surface area (Å²) in [6, 6.07) is 18.7. The van der Waals surface area contributed by atoms with E-state index in [9.17, 15) is 8.42 Å². The minimum atomic E-state index is -3.82. The van der Waals surface area contributed by atoms with E-state index in [2.05, 4.69) is 15.3 Å². The monoisotopic (exact) mass is 438 g/mol. The van der Waals surface area contributed by atoms with Crippen molar-refractivity contribution in [2.75, 3.05) is 31.1 Å². The summed E-state index contributed by atoms with van der Waals surface area (Å²) in [5.41, 5.74) is 1.62. The molecule has 4 aromatic rings. The molecule has 9 heteroatoms. The van der Waals surface area contributed by atoms with Gasteiger partial charge in [-0.15, -0.1) is 0 Å². The van der Waals surface area contributed by atoms with Crippen LogP contribution in [0.1, 0.15) is 0 Å². The maximum absolute atomic E-state index is 13.5. The molecule has 0 atom stereocenters. The van der Waals surface area contributed by atoms with Gasteiger partial charge in [-0.2, -0.15) is 17.6 Å². The Morgan fingerprint density at radius 3 is 2.45 bits per heavy atom. The lowest BCUT2D eigenvalue weighted by Crippen LogP contribution is -2.43. The van der Waals surface area contributed by atoms with Crippen LogP contribution in [0.5, 0.6) is 0 Å². The minimum Gasteiger partial charge on any atom is -0.483 e. The van der Waals surface area contributed by atoms with Gasteiger partial charge in [0.15, 0.2) is 0 Å². The molecule has 0 saturated carbocycles. The van der Waals surface area contributed by atoms with Crippen molar-refractivity contribution < 1.29 is 18.3 Å². The summed E-state index contributed by atoms with van der Waals surface area (Å²) in [5.74, 6) is 0. The summed E-state index contributed by atoms with van der Waals surface area (Å²) < 4.78 is 28.1. The summed E-state index contributed by atoms with van der Waals surface area (Å²) in [7, 11) is -3.82. The van der Waals surface area contributed by atoms with Gasteiger partial charge in [0.2, 0.25) is 0 Å². The summed E-state index contributed by atoms with van der Waals surface area (Å²) in [5, 5.41) is 16.9. The molecule has 160 valence electrons. The van der Waals surface area contributed by atoms with E-state index in [4.69, 9.17) is 9.90 Å². The number of carbonyl (C=O) groups is 1. The molecule has 2 N–H and O–H groups in total. The third-order valence-electron chi connectivity index (χ3n) is 5.26. The zero-order valence-corrected chi connectivity index (χ0v) is 17.5. The van der Waals surface area contributed by atoms with Crippen molar-refractivity contribution in [1.29, 1.82) is 0 Å². The van der Waals surface area contributed by atoms with Crippen LogP contribution < -0.4 is 10.2 Å². The van der Waals surface area contributed by atoms with E-state index in [0.717, 1.165) is 46.7 Å². The van der Waals surface area contributed by atoms with E-state index in [1.807, 2.05) is 48.5 Å². The van der Waals surface area contributed by atoms with E-state index in [0.29, 0.717) is 10.9 Å². The largest absolute Gasteiger partial charge is 0.483 e. The number of hydrogen-bond acceptors (Lipinski definition) is 6. The van der Waals surface area contributed by atoms with Gasteiger partial charge >= 0.3 is 0 Å². The van der Waals surface area contributed by atoms with Crippen LogP contribution >= 0.6 is 0 Å².